The van der Waals surface area contributed by atoms with Gasteiger partial charge in [0.25, 0.3) is 0 Å². The molecule has 0 bridgehead atoms. The van der Waals surface area contributed by atoms with E-state index >= 15 is 0 Å². The van der Waals surface area contributed by atoms with E-state index in [1.54, 1.807) is 0 Å². The van der Waals surface area contributed by atoms with Crippen molar-refractivity contribution in [3.8, 4) is 5.75 Å². The zero-order valence-electron chi connectivity index (χ0n) is 12.0. The lowest BCUT2D eigenvalue weighted by Crippen LogP contribution is -2.35. The van der Waals surface area contributed by atoms with Gasteiger partial charge in [0.1, 0.15) is 11.5 Å². The third-order valence-corrected chi connectivity index (χ3v) is 4.57. The predicted molar refractivity (Wildman–Crippen MR) is 78.9 cm³/mol. The molecule has 1 aromatic carbocycles. The number of carbonyl (C=O) groups excluding carboxylic acids is 1. The largest absolute Gasteiger partial charge is 0.471 e. The fourth-order valence-electron chi connectivity index (χ4n) is 3.36. The van der Waals surface area contributed by atoms with Crippen LogP contribution in [0.5, 0.6) is 5.75 Å². The van der Waals surface area contributed by atoms with E-state index in [4.69, 9.17) is 4.74 Å². The molecule has 1 aliphatic carbocycles. The molecular formula is C16H22N2O2. The first-order valence-corrected chi connectivity index (χ1v) is 7.41. The summed E-state index contributed by atoms with van der Waals surface area (Å²) in [4.78, 5) is 13.5. The van der Waals surface area contributed by atoms with E-state index in [1.165, 1.54) is 13.0 Å². The molecule has 4 nitrogen and oxygen atoms in total. The molecule has 0 amide bonds. The van der Waals surface area contributed by atoms with Crippen LogP contribution in [0.1, 0.15) is 25.7 Å². The lowest BCUT2D eigenvalue weighted by atomic mass is 9.84. The minimum Gasteiger partial charge on any atom is -0.471 e. The number of benzene rings is 1. The smallest absolute Gasteiger partial charge is 0.159 e. The zero-order valence-corrected chi connectivity index (χ0v) is 12.0. The minimum atomic E-state index is 0.472. The quantitative estimate of drug-likeness (QED) is 0.789. The summed E-state index contributed by atoms with van der Waals surface area (Å²) < 4.78 is 5.19. The molecule has 2 unspecified atom stereocenters. The Balaban J connectivity index is 0.000000123. The van der Waals surface area contributed by atoms with E-state index in [0.29, 0.717) is 18.6 Å². The lowest BCUT2D eigenvalue weighted by molar-refractivity contribution is -0.122. The SMILES string of the molecule is CN1CCC2CCC(=O)CC21.c1ccc2c(c1)NCO2. The van der Waals surface area contributed by atoms with Crippen molar-refractivity contribution in [2.45, 2.75) is 31.7 Å². The van der Waals surface area contributed by atoms with E-state index in [2.05, 4.69) is 17.3 Å². The van der Waals surface area contributed by atoms with Crippen LogP contribution >= 0.6 is 0 Å². The van der Waals surface area contributed by atoms with Crippen LogP contribution < -0.4 is 10.1 Å². The number of Topliss-reactive ketones (excluding diaryl/α,β-unsaturated/α-hetero) is 1. The molecule has 2 aliphatic heterocycles. The van der Waals surface area contributed by atoms with Crippen LogP contribution in [-0.2, 0) is 4.79 Å². The van der Waals surface area contributed by atoms with Crippen LogP contribution in [-0.4, -0.2) is 37.0 Å². The molecule has 2 heterocycles. The fourth-order valence-corrected chi connectivity index (χ4v) is 3.36. The van der Waals surface area contributed by atoms with E-state index < -0.39 is 0 Å². The molecule has 108 valence electrons. The third kappa shape index (κ3) is 2.80. The second-order valence-corrected chi connectivity index (χ2v) is 5.84. The predicted octanol–water partition coefficient (Wildman–Crippen LogP) is 2.51. The molecule has 1 aromatic rings. The molecule has 2 atom stereocenters. The molecule has 1 saturated heterocycles. The van der Waals surface area contributed by atoms with Gasteiger partial charge in [-0.05, 0) is 44.5 Å². The molecule has 20 heavy (non-hydrogen) atoms. The topological polar surface area (TPSA) is 41.6 Å². The Hall–Kier alpha value is -1.55. The summed E-state index contributed by atoms with van der Waals surface area (Å²) >= 11 is 0. The molecule has 1 N–H and O–H groups in total. The number of rotatable bonds is 0. The zero-order chi connectivity index (χ0) is 13.9. The van der Waals surface area contributed by atoms with Crippen molar-refractivity contribution in [3.63, 3.8) is 0 Å². The Morgan fingerprint density at radius 1 is 1.30 bits per heavy atom. The van der Waals surface area contributed by atoms with Crippen molar-refractivity contribution in [2.24, 2.45) is 5.92 Å². The Morgan fingerprint density at radius 2 is 2.15 bits per heavy atom. The molecule has 0 aromatic heterocycles. The van der Waals surface area contributed by atoms with Crippen molar-refractivity contribution < 1.29 is 9.53 Å². The van der Waals surface area contributed by atoms with E-state index in [-0.39, 0.29) is 0 Å². The maximum absolute atomic E-state index is 11.1. The van der Waals surface area contributed by atoms with Gasteiger partial charge in [0.2, 0.25) is 0 Å². The van der Waals surface area contributed by atoms with Gasteiger partial charge in [-0.1, -0.05) is 12.1 Å². The van der Waals surface area contributed by atoms with Crippen molar-refractivity contribution in [1.82, 2.24) is 4.90 Å². The Labute approximate surface area is 120 Å². The second-order valence-electron chi connectivity index (χ2n) is 5.84. The molecule has 2 fully saturated rings. The summed E-state index contributed by atoms with van der Waals surface area (Å²) in [6.07, 6.45) is 4.12. The number of hydrogen-bond acceptors (Lipinski definition) is 4. The van der Waals surface area contributed by atoms with E-state index in [9.17, 15) is 4.79 Å². The number of ketones is 1. The first kappa shape index (κ1) is 13.4. The number of ether oxygens (including phenoxy) is 1. The highest BCUT2D eigenvalue weighted by atomic mass is 16.5. The number of para-hydroxylation sites is 2. The Bertz CT molecular complexity index is 466. The van der Waals surface area contributed by atoms with Gasteiger partial charge in [0, 0.05) is 18.9 Å². The van der Waals surface area contributed by atoms with Crippen molar-refractivity contribution in [1.29, 1.82) is 0 Å². The van der Waals surface area contributed by atoms with Gasteiger partial charge in [0.05, 0.1) is 5.69 Å². The summed E-state index contributed by atoms with van der Waals surface area (Å²) in [5.74, 6) is 2.26. The van der Waals surface area contributed by atoms with Crippen LogP contribution in [0.3, 0.4) is 0 Å². The number of likely N-dealkylation sites (tertiary alicyclic amines) is 1. The van der Waals surface area contributed by atoms with Gasteiger partial charge in [0.15, 0.2) is 6.73 Å². The monoisotopic (exact) mass is 274 g/mol. The maximum atomic E-state index is 11.1. The number of nitrogens with zero attached hydrogens (tertiary/aromatic N) is 1. The number of nitrogens with one attached hydrogen (secondary N) is 1. The molecule has 1 saturated carbocycles. The summed E-state index contributed by atoms with van der Waals surface area (Å²) in [5, 5.41) is 3.08. The molecule has 4 rings (SSSR count). The van der Waals surface area contributed by atoms with Gasteiger partial charge in [-0.25, -0.2) is 0 Å². The normalized spacial score (nSPS) is 27.8. The highest BCUT2D eigenvalue weighted by molar-refractivity contribution is 5.80. The summed E-state index contributed by atoms with van der Waals surface area (Å²) in [6.45, 7) is 1.81. The van der Waals surface area contributed by atoms with Gasteiger partial charge in [-0.3, -0.25) is 4.79 Å². The number of carbonyl (C=O) groups is 1. The highest BCUT2D eigenvalue weighted by Crippen LogP contribution is 2.33. The van der Waals surface area contributed by atoms with Crippen LogP contribution in [0.15, 0.2) is 24.3 Å². The summed E-state index contributed by atoms with van der Waals surface area (Å²) in [7, 11) is 2.14. The van der Waals surface area contributed by atoms with Crippen LogP contribution in [0.25, 0.3) is 0 Å². The second kappa shape index (κ2) is 5.83. The number of fused-ring (bicyclic) bond motifs is 2. The lowest BCUT2D eigenvalue weighted by Gasteiger charge is -2.28. The molecule has 4 heteroatoms. The highest BCUT2D eigenvalue weighted by Gasteiger charge is 2.36. The first-order valence-electron chi connectivity index (χ1n) is 7.41. The van der Waals surface area contributed by atoms with Crippen LogP contribution in [0, 0.1) is 5.92 Å². The van der Waals surface area contributed by atoms with Gasteiger partial charge < -0.3 is 15.0 Å². The minimum absolute atomic E-state index is 0.472. The maximum Gasteiger partial charge on any atom is 0.159 e. The molecule has 3 aliphatic rings. The van der Waals surface area contributed by atoms with Gasteiger partial charge in [-0.15, -0.1) is 0 Å². The van der Waals surface area contributed by atoms with Crippen LogP contribution in [0.2, 0.25) is 0 Å². The summed E-state index contributed by atoms with van der Waals surface area (Å²) in [5.41, 5.74) is 1.09. The van der Waals surface area contributed by atoms with Crippen LogP contribution in [0.4, 0.5) is 5.69 Å². The summed E-state index contributed by atoms with van der Waals surface area (Å²) in [6, 6.07) is 8.50. The number of anilines is 1. The Kier molecular flexibility index (Phi) is 3.92. The molecule has 0 spiro atoms. The standard InChI is InChI=1S/C9H15NO.C7H7NO/c1-10-5-4-7-2-3-8(11)6-9(7)10;1-2-4-7-6(3-1)8-5-9-7/h7,9H,2-6H2,1H3;1-4,8H,5H2. The van der Waals surface area contributed by atoms with E-state index in [1.807, 2.05) is 24.3 Å². The molecule has 0 radical (unpaired) electrons. The average molecular weight is 274 g/mol. The van der Waals surface area contributed by atoms with Crippen molar-refractivity contribution in [3.05, 3.63) is 24.3 Å². The third-order valence-electron chi connectivity index (χ3n) is 4.57. The fraction of sp³-hybridized carbons (Fsp3) is 0.562. The average Bonchev–Trinajstić information content (AvgIpc) is 3.07. The molecular weight excluding hydrogens is 252 g/mol. The first-order chi connectivity index (χ1) is 9.74. The Morgan fingerprint density at radius 3 is 3.00 bits per heavy atom. The van der Waals surface area contributed by atoms with Crippen molar-refractivity contribution >= 4 is 11.5 Å². The van der Waals surface area contributed by atoms with Crippen molar-refractivity contribution in [2.75, 3.05) is 25.6 Å². The van der Waals surface area contributed by atoms with Gasteiger partial charge >= 0.3 is 0 Å². The van der Waals surface area contributed by atoms with E-state index in [0.717, 1.165) is 36.6 Å². The van der Waals surface area contributed by atoms with Gasteiger partial charge in [-0.2, -0.15) is 0 Å². The number of hydrogen-bond donors (Lipinski definition) is 1.